The Morgan fingerprint density at radius 2 is 2.07 bits per heavy atom. The second-order valence-electron chi connectivity index (χ2n) is 6.49. The van der Waals surface area contributed by atoms with E-state index in [1.54, 1.807) is 25.1 Å². The maximum Gasteiger partial charge on any atom is 0.307 e. The van der Waals surface area contributed by atoms with Gasteiger partial charge in [-0.3, -0.25) is 14.5 Å². The van der Waals surface area contributed by atoms with E-state index in [2.05, 4.69) is 4.98 Å². The highest BCUT2D eigenvalue weighted by Gasteiger charge is 2.37. The molecule has 1 amide bonds. The molecule has 1 unspecified atom stereocenters. The zero-order valence-corrected chi connectivity index (χ0v) is 15.7. The monoisotopic (exact) mass is 422 g/mol. The zero-order valence-electron chi connectivity index (χ0n) is 14.9. The first kappa shape index (κ1) is 19.2. The van der Waals surface area contributed by atoms with Crippen LogP contribution >= 0.6 is 11.3 Å². The fraction of sp³-hybridized carbons (Fsp3) is 0.211. The molecule has 4 rings (SSSR count). The van der Waals surface area contributed by atoms with E-state index < -0.39 is 41.9 Å². The molecule has 0 fully saturated rings. The Balaban J connectivity index is 1.76. The smallest absolute Gasteiger partial charge is 0.307 e. The Labute approximate surface area is 166 Å². The lowest BCUT2D eigenvalue weighted by molar-refractivity contribution is -0.142. The van der Waals surface area contributed by atoms with Gasteiger partial charge in [0, 0.05) is 6.07 Å². The second kappa shape index (κ2) is 7.03. The number of halogens is 3. The van der Waals surface area contributed by atoms with Gasteiger partial charge >= 0.3 is 5.97 Å². The Morgan fingerprint density at radius 3 is 2.79 bits per heavy atom. The van der Waals surface area contributed by atoms with E-state index in [0.29, 0.717) is 17.0 Å². The number of hydrogen-bond donors (Lipinski definition) is 1. The maximum absolute atomic E-state index is 14.0. The number of benzene rings is 2. The molecule has 0 radical (unpaired) electrons. The van der Waals surface area contributed by atoms with Crippen LogP contribution in [0.15, 0.2) is 24.3 Å². The molecule has 0 saturated carbocycles. The van der Waals surface area contributed by atoms with Crippen molar-refractivity contribution < 1.29 is 32.6 Å². The number of nitrogens with zero attached hydrogens (tertiary/aromatic N) is 2. The van der Waals surface area contributed by atoms with Crippen LogP contribution in [0.5, 0.6) is 5.75 Å². The van der Waals surface area contributed by atoms with Crippen molar-refractivity contribution in [1.82, 2.24) is 4.98 Å². The highest BCUT2D eigenvalue weighted by molar-refractivity contribution is 7.18. The van der Waals surface area contributed by atoms with E-state index >= 15 is 0 Å². The number of carbonyl (C=O) groups is 2. The molecule has 10 heteroatoms. The molecule has 6 nitrogen and oxygen atoms in total. The average Bonchev–Trinajstić information content (AvgIpc) is 3.06. The molecule has 0 aliphatic carbocycles. The predicted molar refractivity (Wildman–Crippen MR) is 98.5 cm³/mol. The van der Waals surface area contributed by atoms with Gasteiger partial charge in [0.05, 0.1) is 28.9 Å². The third-order valence-corrected chi connectivity index (χ3v) is 5.55. The minimum atomic E-state index is -1.59. The van der Waals surface area contributed by atoms with Gasteiger partial charge in [0.15, 0.2) is 23.6 Å². The Hall–Kier alpha value is -3.14. The summed E-state index contributed by atoms with van der Waals surface area (Å²) < 4.78 is 46.4. The number of thiazole rings is 1. The van der Waals surface area contributed by atoms with E-state index in [4.69, 9.17) is 9.84 Å². The molecule has 150 valence electrons. The minimum Gasteiger partial charge on any atom is -0.481 e. The molecule has 1 aliphatic rings. The van der Waals surface area contributed by atoms with Crippen LogP contribution in [-0.2, 0) is 16.1 Å². The number of rotatable bonds is 4. The van der Waals surface area contributed by atoms with Gasteiger partial charge in [-0.2, -0.15) is 0 Å². The summed E-state index contributed by atoms with van der Waals surface area (Å²) in [5.74, 6) is -5.70. The van der Waals surface area contributed by atoms with E-state index in [1.165, 1.54) is 4.90 Å². The van der Waals surface area contributed by atoms with E-state index in [1.807, 2.05) is 0 Å². The lowest BCUT2D eigenvalue weighted by Gasteiger charge is -2.34. The molecule has 2 heterocycles. The summed E-state index contributed by atoms with van der Waals surface area (Å²) in [6, 6.07) is 5.88. The molecule has 1 N–H and O–H groups in total. The van der Waals surface area contributed by atoms with E-state index in [0.717, 1.165) is 17.4 Å². The molecule has 1 atom stereocenters. The second-order valence-corrected chi connectivity index (χ2v) is 7.58. The standard InChI is InChI=1S/C19H13F3N2O4S/c1-8-3-2-4-11-17(8)28-12(6-14(25)26)19(27)24(11)7-13-23-10-5-9(20)15(21)16(22)18(10)29-13/h2-5,12H,6-7H2,1H3,(H,25,26). The van der Waals surface area contributed by atoms with Crippen LogP contribution in [0.25, 0.3) is 10.2 Å². The SMILES string of the molecule is Cc1cccc2c1OC(CC(=O)O)C(=O)N2Cc1nc2cc(F)c(F)c(F)c2s1. The van der Waals surface area contributed by atoms with Crippen molar-refractivity contribution in [1.29, 1.82) is 0 Å². The van der Waals surface area contributed by atoms with Gasteiger partial charge in [-0.05, 0) is 18.6 Å². The predicted octanol–water partition coefficient (Wildman–Crippen LogP) is 3.79. The quantitative estimate of drug-likeness (QED) is 0.647. The van der Waals surface area contributed by atoms with Crippen LogP contribution in [0.2, 0.25) is 0 Å². The maximum atomic E-state index is 14.0. The molecule has 3 aromatic rings. The van der Waals surface area contributed by atoms with Crippen molar-refractivity contribution in [3.05, 3.63) is 52.3 Å². The molecule has 1 aliphatic heterocycles. The Kier molecular flexibility index (Phi) is 4.65. The van der Waals surface area contributed by atoms with Crippen LogP contribution < -0.4 is 9.64 Å². The summed E-state index contributed by atoms with van der Waals surface area (Å²) >= 11 is 0.793. The number of ether oxygens (including phenoxy) is 1. The van der Waals surface area contributed by atoms with Crippen LogP contribution in [0.1, 0.15) is 17.0 Å². The number of amides is 1. The van der Waals surface area contributed by atoms with Gasteiger partial charge < -0.3 is 9.84 Å². The number of carboxylic acids is 1. The molecular formula is C19H13F3N2O4S. The van der Waals surface area contributed by atoms with Crippen molar-refractivity contribution in [2.24, 2.45) is 0 Å². The third kappa shape index (κ3) is 3.29. The Bertz CT molecular complexity index is 1160. The lowest BCUT2D eigenvalue weighted by Crippen LogP contribution is -2.46. The molecule has 2 aromatic carbocycles. The summed E-state index contributed by atoms with van der Waals surface area (Å²) in [5.41, 5.74) is 1.05. The van der Waals surface area contributed by atoms with Crippen molar-refractivity contribution in [2.75, 3.05) is 4.90 Å². The zero-order chi connectivity index (χ0) is 20.9. The number of aryl methyl sites for hydroxylation is 1. The van der Waals surface area contributed by atoms with Crippen molar-refractivity contribution in [3.8, 4) is 5.75 Å². The van der Waals surface area contributed by atoms with Crippen LogP contribution in [-0.4, -0.2) is 28.1 Å². The number of carboxylic acid groups (broad SMARTS) is 1. The minimum absolute atomic E-state index is 0.0614. The normalized spacial score (nSPS) is 16.1. The molecule has 1 aromatic heterocycles. The molecule has 0 spiro atoms. The number of aliphatic carboxylic acids is 1. The fourth-order valence-corrected chi connectivity index (χ4v) is 4.12. The third-order valence-electron chi connectivity index (χ3n) is 4.50. The van der Waals surface area contributed by atoms with Gasteiger partial charge in [0.25, 0.3) is 5.91 Å². The first-order chi connectivity index (χ1) is 13.8. The molecule has 0 bridgehead atoms. The Morgan fingerprint density at radius 1 is 1.31 bits per heavy atom. The number of fused-ring (bicyclic) bond motifs is 2. The highest BCUT2D eigenvalue weighted by Crippen LogP contribution is 2.39. The highest BCUT2D eigenvalue weighted by atomic mass is 32.1. The van der Waals surface area contributed by atoms with Crippen molar-refractivity contribution in [2.45, 2.75) is 26.0 Å². The van der Waals surface area contributed by atoms with Gasteiger partial charge in [-0.1, -0.05) is 12.1 Å². The largest absolute Gasteiger partial charge is 0.481 e. The summed E-state index contributed by atoms with van der Waals surface area (Å²) in [7, 11) is 0. The summed E-state index contributed by atoms with van der Waals surface area (Å²) in [4.78, 5) is 29.4. The van der Waals surface area contributed by atoms with Crippen LogP contribution in [0, 0.1) is 24.4 Å². The lowest BCUT2D eigenvalue weighted by atomic mass is 10.1. The average molecular weight is 422 g/mol. The number of aromatic nitrogens is 1. The number of anilines is 1. The molecular weight excluding hydrogens is 409 g/mol. The first-order valence-corrected chi connectivity index (χ1v) is 9.30. The van der Waals surface area contributed by atoms with E-state index in [-0.39, 0.29) is 21.8 Å². The van der Waals surface area contributed by atoms with Crippen LogP contribution in [0.4, 0.5) is 18.9 Å². The van der Waals surface area contributed by atoms with E-state index in [9.17, 15) is 22.8 Å². The topological polar surface area (TPSA) is 79.7 Å². The molecule has 29 heavy (non-hydrogen) atoms. The summed E-state index contributed by atoms with van der Waals surface area (Å²) in [5, 5.41) is 9.32. The number of hydrogen-bond acceptors (Lipinski definition) is 5. The van der Waals surface area contributed by atoms with Gasteiger partial charge in [0.1, 0.15) is 10.8 Å². The summed E-state index contributed by atoms with van der Waals surface area (Å²) in [6.07, 6.45) is -1.77. The van der Waals surface area contributed by atoms with Gasteiger partial charge in [0.2, 0.25) is 0 Å². The van der Waals surface area contributed by atoms with Crippen LogP contribution in [0.3, 0.4) is 0 Å². The summed E-state index contributed by atoms with van der Waals surface area (Å²) in [6.45, 7) is 1.63. The number of carbonyl (C=O) groups excluding carboxylic acids is 1. The van der Waals surface area contributed by atoms with Crippen molar-refractivity contribution >= 4 is 39.1 Å². The van der Waals surface area contributed by atoms with Gasteiger partial charge in [-0.15, -0.1) is 11.3 Å². The molecule has 0 saturated heterocycles. The van der Waals surface area contributed by atoms with Crippen molar-refractivity contribution in [3.63, 3.8) is 0 Å². The number of para-hydroxylation sites is 1. The van der Waals surface area contributed by atoms with Gasteiger partial charge in [-0.25, -0.2) is 18.2 Å². The first-order valence-electron chi connectivity index (χ1n) is 8.48. The fourth-order valence-electron chi connectivity index (χ4n) is 3.16.